The Labute approximate surface area is 232 Å². The molecule has 0 aliphatic rings. The Morgan fingerprint density at radius 3 is 1.26 bits per heavy atom. The number of aliphatic carboxylic acids is 2. The lowest BCUT2D eigenvalue weighted by Gasteiger charge is -2.06. The maximum absolute atomic E-state index is 11.2. The lowest BCUT2D eigenvalue weighted by molar-refractivity contribution is -0.140. The zero-order valence-corrected chi connectivity index (χ0v) is 24.6. The minimum absolute atomic E-state index is 0.176. The largest absolute Gasteiger partial charge is 0.478 e. The van der Waals surface area contributed by atoms with E-state index in [1.54, 1.807) is 6.92 Å². The highest BCUT2D eigenvalue weighted by Gasteiger charge is 2.01. The van der Waals surface area contributed by atoms with Crippen LogP contribution in [0.5, 0.6) is 0 Å². The second-order valence-corrected chi connectivity index (χ2v) is 9.46. The Bertz CT molecular complexity index is 614. The summed E-state index contributed by atoms with van der Waals surface area (Å²) < 4.78 is 10.4. The van der Waals surface area contributed by atoms with Crippen molar-refractivity contribution in [3.8, 4) is 0 Å². The first kappa shape index (κ1) is 40.1. The van der Waals surface area contributed by atoms with E-state index in [4.69, 9.17) is 19.7 Å². The summed E-state index contributed by atoms with van der Waals surface area (Å²) in [5.74, 6) is -2.25. The monoisotopic (exact) mass is 540 g/mol. The van der Waals surface area contributed by atoms with Gasteiger partial charge in [-0.15, -0.1) is 0 Å². The third-order valence-corrected chi connectivity index (χ3v) is 5.49. The van der Waals surface area contributed by atoms with Crippen molar-refractivity contribution in [2.24, 2.45) is 0 Å². The summed E-state index contributed by atoms with van der Waals surface area (Å²) in [6.07, 6.45) is 22.9. The maximum Gasteiger partial charge on any atom is 0.333 e. The minimum Gasteiger partial charge on any atom is -0.478 e. The number of carbonyl (C=O) groups excluding carboxylic acids is 1. The van der Waals surface area contributed by atoms with Crippen molar-refractivity contribution in [1.29, 1.82) is 0 Å². The standard InChI is InChI=1S/C24H46O3.C4H6O2.C3H4O2/c1-4-5-6-7-8-9-10-11-12-13-14-15-16-17-18-19-20-26-21-22-27-24(25)23(2)3;1-3(2)4(5)6;1-2-3(4)5/h2,4-22H2,1,3H3;1H2,2H3,(H,5,6);2H,1H2,(H,4,5). The van der Waals surface area contributed by atoms with Gasteiger partial charge in [-0.1, -0.05) is 123 Å². The number of unbranched alkanes of at least 4 members (excludes halogenated alkanes) is 15. The van der Waals surface area contributed by atoms with Gasteiger partial charge in [-0.2, -0.15) is 0 Å². The SMILES string of the molecule is C=C(C)C(=O)O.C=C(C)C(=O)OCCOCCCCCCCCCCCCCCCCCC.C=CC(=O)O. The summed E-state index contributed by atoms with van der Waals surface area (Å²) in [5.41, 5.74) is 0.614. The van der Waals surface area contributed by atoms with Crippen LogP contribution >= 0.6 is 0 Å². The molecule has 7 nitrogen and oxygen atoms in total. The molecule has 0 fully saturated rings. The summed E-state index contributed by atoms with van der Waals surface area (Å²) in [7, 11) is 0. The van der Waals surface area contributed by atoms with Crippen LogP contribution in [0.1, 0.15) is 124 Å². The number of rotatable bonds is 23. The average molecular weight is 541 g/mol. The maximum atomic E-state index is 11.2. The van der Waals surface area contributed by atoms with E-state index < -0.39 is 11.9 Å². The fourth-order valence-electron chi connectivity index (χ4n) is 3.17. The molecule has 0 aliphatic carbocycles. The van der Waals surface area contributed by atoms with Gasteiger partial charge in [-0.05, 0) is 20.3 Å². The Morgan fingerprint density at radius 1 is 0.632 bits per heavy atom. The number of carboxylic acid groups (broad SMARTS) is 2. The molecule has 0 saturated carbocycles. The van der Waals surface area contributed by atoms with Crippen molar-refractivity contribution in [2.75, 3.05) is 19.8 Å². The van der Waals surface area contributed by atoms with Crippen molar-refractivity contribution >= 4 is 17.9 Å². The normalized spacial score (nSPS) is 9.76. The Hall–Kier alpha value is -2.41. The molecular formula is C31H56O7. The van der Waals surface area contributed by atoms with Crippen molar-refractivity contribution < 1.29 is 34.1 Å². The van der Waals surface area contributed by atoms with Gasteiger partial charge in [0.05, 0.1) is 6.61 Å². The Kier molecular flexibility index (Phi) is 34.4. The molecule has 0 aromatic rings. The molecule has 222 valence electrons. The van der Waals surface area contributed by atoms with Crippen LogP contribution in [-0.4, -0.2) is 47.9 Å². The van der Waals surface area contributed by atoms with Crippen molar-refractivity contribution in [3.05, 3.63) is 37.0 Å². The van der Waals surface area contributed by atoms with Gasteiger partial charge in [0.15, 0.2) is 0 Å². The number of hydrogen-bond donors (Lipinski definition) is 2. The predicted octanol–water partition coefficient (Wildman–Crippen LogP) is 8.29. The summed E-state index contributed by atoms with van der Waals surface area (Å²) in [6, 6.07) is 0. The van der Waals surface area contributed by atoms with Crippen LogP contribution in [0.3, 0.4) is 0 Å². The molecule has 0 aliphatic heterocycles. The number of ether oxygens (including phenoxy) is 2. The summed E-state index contributed by atoms with van der Waals surface area (Å²) >= 11 is 0. The summed E-state index contributed by atoms with van der Waals surface area (Å²) in [5, 5.41) is 15.5. The molecule has 0 saturated heterocycles. The first-order chi connectivity index (χ1) is 18.1. The minimum atomic E-state index is -0.981. The van der Waals surface area contributed by atoms with E-state index in [2.05, 4.69) is 26.7 Å². The molecule has 0 unspecified atom stereocenters. The van der Waals surface area contributed by atoms with E-state index in [-0.39, 0.29) is 11.5 Å². The third-order valence-electron chi connectivity index (χ3n) is 5.49. The molecule has 0 radical (unpaired) electrons. The van der Waals surface area contributed by atoms with E-state index >= 15 is 0 Å². The van der Waals surface area contributed by atoms with Gasteiger partial charge in [0.25, 0.3) is 0 Å². The first-order valence-corrected chi connectivity index (χ1v) is 14.2. The van der Waals surface area contributed by atoms with Crippen LogP contribution in [0.2, 0.25) is 0 Å². The molecule has 0 bridgehead atoms. The lowest BCUT2D eigenvalue weighted by Crippen LogP contribution is -2.11. The van der Waals surface area contributed by atoms with E-state index in [1.807, 2.05) is 0 Å². The van der Waals surface area contributed by atoms with E-state index in [9.17, 15) is 14.4 Å². The summed E-state index contributed by atoms with van der Waals surface area (Å²) in [4.78, 5) is 30.0. The van der Waals surface area contributed by atoms with E-state index in [1.165, 1.54) is 103 Å². The highest BCUT2D eigenvalue weighted by atomic mass is 16.6. The molecule has 0 heterocycles. The van der Waals surface area contributed by atoms with Gasteiger partial charge >= 0.3 is 17.9 Å². The first-order valence-electron chi connectivity index (χ1n) is 14.2. The molecule has 38 heavy (non-hydrogen) atoms. The van der Waals surface area contributed by atoms with E-state index in [0.717, 1.165) is 19.1 Å². The molecule has 0 spiro atoms. The van der Waals surface area contributed by atoms with Crippen molar-refractivity contribution in [2.45, 2.75) is 124 Å². The Morgan fingerprint density at radius 2 is 0.974 bits per heavy atom. The van der Waals surface area contributed by atoms with Crippen molar-refractivity contribution in [1.82, 2.24) is 0 Å². The molecule has 2 N–H and O–H groups in total. The second-order valence-electron chi connectivity index (χ2n) is 9.46. The van der Waals surface area contributed by atoms with Gasteiger partial charge in [-0.3, -0.25) is 0 Å². The van der Waals surface area contributed by atoms with Gasteiger partial charge in [-0.25, -0.2) is 14.4 Å². The quantitative estimate of drug-likeness (QED) is 0.0762. The topological polar surface area (TPSA) is 110 Å². The predicted molar refractivity (Wildman–Crippen MR) is 156 cm³/mol. The van der Waals surface area contributed by atoms with E-state index in [0.29, 0.717) is 18.8 Å². The van der Waals surface area contributed by atoms with Crippen LogP contribution < -0.4 is 0 Å². The van der Waals surface area contributed by atoms with Crippen LogP contribution in [-0.2, 0) is 23.9 Å². The number of esters is 1. The number of carboxylic acids is 2. The van der Waals surface area contributed by atoms with Crippen LogP contribution in [0, 0.1) is 0 Å². The number of carbonyl (C=O) groups is 3. The lowest BCUT2D eigenvalue weighted by atomic mass is 10.0. The smallest absolute Gasteiger partial charge is 0.333 e. The van der Waals surface area contributed by atoms with Crippen LogP contribution in [0.25, 0.3) is 0 Å². The molecule has 0 rings (SSSR count). The average Bonchev–Trinajstić information content (AvgIpc) is 2.87. The van der Waals surface area contributed by atoms with Crippen LogP contribution in [0.4, 0.5) is 0 Å². The fraction of sp³-hybridized carbons (Fsp3) is 0.710. The fourth-order valence-corrected chi connectivity index (χ4v) is 3.17. The zero-order valence-electron chi connectivity index (χ0n) is 24.6. The second kappa shape index (κ2) is 32.6. The van der Waals surface area contributed by atoms with Gasteiger partial charge < -0.3 is 19.7 Å². The molecule has 0 aromatic heterocycles. The highest BCUT2D eigenvalue weighted by molar-refractivity contribution is 5.86. The Balaban J connectivity index is -0.000000924. The molecule has 0 amide bonds. The van der Waals surface area contributed by atoms with Crippen molar-refractivity contribution in [3.63, 3.8) is 0 Å². The zero-order chi connectivity index (χ0) is 29.4. The number of hydrogen-bond acceptors (Lipinski definition) is 5. The highest BCUT2D eigenvalue weighted by Crippen LogP contribution is 2.13. The van der Waals surface area contributed by atoms with Gasteiger partial charge in [0.2, 0.25) is 0 Å². The van der Waals surface area contributed by atoms with Gasteiger partial charge in [0, 0.05) is 23.8 Å². The third kappa shape index (κ3) is 40.7. The molecule has 0 aromatic carbocycles. The molecule has 0 atom stereocenters. The molecular weight excluding hydrogens is 484 g/mol. The summed E-state index contributed by atoms with van der Waals surface area (Å²) in [6.45, 7) is 16.6. The van der Waals surface area contributed by atoms with Gasteiger partial charge in [0.1, 0.15) is 6.61 Å². The van der Waals surface area contributed by atoms with Crippen LogP contribution in [0.15, 0.2) is 37.0 Å². The molecule has 7 heteroatoms.